The molecule has 0 atom stereocenters. The molecule has 3 nitrogen and oxygen atoms in total. The van der Waals surface area contributed by atoms with E-state index in [0.717, 1.165) is 42.1 Å². The Kier molecular flexibility index (Phi) is 8.48. The van der Waals surface area contributed by atoms with E-state index in [0.29, 0.717) is 0 Å². The third kappa shape index (κ3) is 6.91. The van der Waals surface area contributed by atoms with Crippen LogP contribution in [0.25, 0.3) is 0 Å². The van der Waals surface area contributed by atoms with E-state index in [4.69, 9.17) is 4.74 Å². The molecule has 0 saturated heterocycles. The van der Waals surface area contributed by atoms with Gasteiger partial charge in [0.05, 0.1) is 11.1 Å². The summed E-state index contributed by atoms with van der Waals surface area (Å²) in [5.41, 5.74) is 0. The fourth-order valence-corrected chi connectivity index (χ4v) is 1.92. The summed E-state index contributed by atoms with van der Waals surface area (Å²) in [4.78, 5) is 3.99. The SMILES string of the molecule is SCCNCCCCCOc1ccncc1Br. The Balaban J connectivity index is 1.99. The zero-order valence-electron chi connectivity index (χ0n) is 9.86. The van der Waals surface area contributed by atoms with E-state index in [1.165, 1.54) is 12.8 Å². The zero-order valence-corrected chi connectivity index (χ0v) is 12.3. The van der Waals surface area contributed by atoms with E-state index in [1.807, 2.05) is 6.07 Å². The minimum Gasteiger partial charge on any atom is -0.492 e. The lowest BCUT2D eigenvalue weighted by Crippen LogP contribution is -2.17. The smallest absolute Gasteiger partial charge is 0.136 e. The standard InChI is InChI=1S/C12H19BrN2OS/c13-11-10-15-6-4-12(11)16-8-3-1-2-5-14-7-9-17/h4,6,10,14,17H,1-3,5,7-9H2. The maximum absolute atomic E-state index is 5.64. The second-order valence-electron chi connectivity index (χ2n) is 3.69. The number of aromatic nitrogens is 1. The number of thiol groups is 1. The quantitative estimate of drug-likeness (QED) is 0.542. The van der Waals surface area contributed by atoms with Crippen molar-refractivity contribution in [3.8, 4) is 5.75 Å². The molecule has 5 heteroatoms. The summed E-state index contributed by atoms with van der Waals surface area (Å²) >= 11 is 7.54. The van der Waals surface area contributed by atoms with E-state index < -0.39 is 0 Å². The molecule has 0 bridgehead atoms. The zero-order chi connectivity index (χ0) is 12.3. The molecule has 0 radical (unpaired) electrons. The first-order valence-corrected chi connectivity index (χ1v) is 7.31. The number of nitrogens with one attached hydrogen (secondary N) is 1. The Bertz CT molecular complexity index is 312. The summed E-state index contributed by atoms with van der Waals surface area (Å²) in [6.07, 6.45) is 6.94. The first-order chi connectivity index (χ1) is 8.34. The first kappa shape index (κ1) is 14.8. The van der Waals surface area contributed by atoms with Crippen LogP contribution in [0.15, 0.2) is 22.9 Å². The average molecular weight is 319 g/mol. The van der Waals surface area contributed by atoms with Crippen molar-refractivity contribution >= 4 is 28.6 Å². The topological polar surface area (TPSA) is 34.1 Å². The lowest BCUT2D eigenvalue weighted by Gasteiger charge is -2.07. The van der Waals surface area contributed by atoms with Crippen LogP contribution in [0.4, 0.5) is 0 Å². The highest BCUT2D eigenvalue weighted by Crippen LogP contribution is 2.22. The Morgan fingerprint density at radius 2 is 2.18 bits per heavy atom. The van der Waals surface area contributed by atoms with Gasteiger partial charge in [0.1, 0.15) is 5.75 Å². The molecule has 0 unspecified atom stereocenters. The van der Waals surface area contributed by atoms with Crippen LogP contribution in [-0.2, 0) is 0 Å². The van der Waals surface area contributed by atoms with E-state index >= 15 is 0 Å². The molecular formula is C12H19BrN2OS. The fraction of sp³-hybridized carbons (Fsp3) is 0.583. The van der Waals surface area contributed by atoms with Gasteiger partial charge >= 0.3 is 0 Å². The Morgan fingerprint density at radius 3 is 2.94 bits per heavy atom. The molecule has 1 heterocycles. The molecule has 1 aromatic heterocycles. The van der Waals surface area contributed by atoms with Crippen LogP contribution in [0.2, 0.25) is 0 Å². The van der Waals surface area contributed by atoms with Crippen molar-refractivity contribution in [2.24, 2.45) is 0 Å². The summed E-state index contributed by atoms with van der Waals surface area (Å²) < 4.78 is 6.56. The summed E-state index contributed by atoms with van der Waals surface area (Å²) in [5, 5.41) is 3.32. The lowest BCUT2D eigenvalue weighted by atomic mass is 10.2. The van der Waals surface area contributed by atoms with Gasteiger partial charge in [0, 0.05) is 24.7 Å². The van der Waals surface area contributed by atoms with Gasteiger partial charge in [-0.15, -0.1) is 0 Å². The number of hydrogen-bond donors (Lipinski definition) is 2. The van der Waals surface area contributed by atoms with Crippen molar-refractivity contribution in [3.63, 3.8) is 0 Å². The molecule has 0 aromatic carbocycles. The van der Waals surface area contributed by atoms with Crippen LogP contribution in [0.1, 0.15) is 19.3 Å². The van der Waals surface area contributed by atoms with E-state index in [-0.39, 0.29) is 0 Å². The largest absolute Gasteiger partial charge is 0.492 e. The van der Waals surface area contributed by atoms with E-state index in [1.54, 1.807) is 12.4 Å². The van der Waals surface area contributed by atoms with Gasteiger partial charge in [0.2, 0.25) is 0 Å². The van der Waals surface area contributed by atoms with Gasteiger partial charge in [-0.25, -0.2) is 0 Å². The van der Waals surface area contributed by atoms with Gasteiger partial charge in [0.15, 0.2) is 0 Å². The van der Waals surface area contributed by atoms with Crippen LogP contribution >= 0.6 is 28.6 Å². The van der Waals surface area contributed by atoms with Crippen LogP contribution in [0.5, 0.6) is 5.75 Å². The summed E-state index contributed by atoms with van der Waals surface area (Å²) in [6, 6.07) is 1.87. The van der Waals surface area contributed by atoms with Crippen LogP contribution in [-0.4, -0.2) is 30.4 Å². The van der Waals surface area contributed by atoms with Crippen LogP contribution in [0.3, 0.4) is 0 Å². The highest BCUT2D eigenvalue weighted by molar-refractivity contribution is 9.10. The normalized spacial score (nSPS) is 10.5. The number of pyridine rings is 1. The number of nitrogens with zero attached hydrogens (tertiary/aromatic N) is 1. The summed E-state index contributed by atoms with van der Waals surface area (Å²) in [5.74, 6) is 1.77. The molecule has 0 spiro atoms. The number of hydrogen-bond acceptors (Lipinski definition) is 4. The molecule has 1 aromatic rings. The summed E-state index contributed by atoms with van der Waals surface area (Å²) in [6.45, 7) is 2.82. The first-order valence-electron chi connectivity index (χ1n) is 5.88. The minimum atomic E-state index is 0.759. The third-order valence-corrected chi connectivity index (χ3v) is 3.10. The van der Waals surface area contributed by atoms with Crippen LogP contribution < -0.4 is 10.1 Å². The Morgan fingerprint density at radius 1 is 1.29 bits per heavy atom. The third-order valence-electron chi connectivity index (χ3n) is 2.28. The number of unbranched alkanes of at least 4 members (excludes halogenated alkanes) is 2. The number of halogens is 1. The lowest BCUT2D eigenvalue weighted by molar-refractivity contribution is 0.303. The molecule has 0 aliphatic carbocycles. The monoisotopic (exact) mass is 318 g/mol. The van der Waals surface area contributed by atoms with Gasteiger partial charge in [0.25, 0.3) is 0 Å². The predicted octanol–water partition coefficient (Wildman–Crippen LogP) is 2.91. The maximum Gasteiger partial charge on any atom is 0.136 e. The molecule has 1 rings (SSSR count). The molecule has 0 amide bonds. The van der Waals surface area contributed by atoms with Gasteiger partial charge in [-0.2, -0.15) is 12.6 Å². The summed E-state index contributed by atoms with van der Waals surface area (Å²) in [7, 11) is 0. The fourth-order valence-electron chi connectivity index (χ4n) is 1.39. The van der Waals surface area contributed by atoms with Gasteiger partial charge in [-0.05, 0) is 47.8 Å². The minimum absolute atomic E-state index is 0.759. The van der Waals surface area contributed by atoms with E-state index in [2.05, 4.69) is 38.9 Å². The molecule has 0 fully saturated rings. The van der Waals surface area contributed by atoms with Crippen molar-refractivity contribution in [1.82, 2.24) is 10.3 Å². The molecule has 0 aliphatic heterocycles. The maximum atomic E-state index is 5.64. The number of rotatable bonds is 9. The second-order valence-corrected chi connectivity index (χ2v) is 4.99. The second kappa shape index (κ2) is 9.74. The van der Waals surface area contributed by atoms with Crippen molar-refractivity contribution in [2.45, 2.75) is 19.3 Å². The van der Waals surface area contributed by atoms with Crippen molar-refractivity contribution in [3.05, 3.63) is 22.9 Å². The van der Waals surface area contributed by atoms with Crippen LogP contribution in [0, 0.1) is 0 Å². The predicted molar refractivity (Wildman–Crippen MR) is 78.0 cm³/mol. The van der Waals surface area contributed by atoms with Gasteiger partial charge in [-0.1, -0.05) is 0 Å². The molecule has 1 N–H and O–H groups in total. The van der Waals surface area contributed by atoms with E-state index in [9.17, 15) is 0 Å². The highest BCUT2D eigenvalue weighted by Gasteiger charge is 1.99. The Hall–Kier alpha value is -0.260. The molecule has 0 aliphatic rings. The van der Waals surface area contributed by atoms with Crippen molar-refractivity contribution in [2.75, 3.05) is 25.4 Å². The Labute approximate surface area is 117 Å². The number of ether oxygens (including phenoxy) is 1. The van der Waals surface area contributed by atoms with Gasteiger partial charge in [-0.3, -0.25) is 4.98 Å². The van der Waals surface area contributed by atoms with Gasteiger partial charge < -0.3 is 10.1 Å². The molecule has 96 valence electrons. The highest BCUT2D eigenvalue weighted by atomic mass is 79.9. The molecule has 0 saturated carbocycles. The van der Waals surface area contributed by atoms with Crippen molar-refractivity contribution < 1.29 is 4.74 Å². The van der Waals surface area contributed by atoms with Crippen molar-refractivity contribution in [1.29, 1.82) is 0 Å². The average Bonchev–Trinajstić information content (AvgIpc) is 2.35. The molecule has 17 heavy (non-hydrogen) atoms. The molecular weight excluding hydrogens is 300 g/mol.